The fourth-order valence-corrected chi connectivity index (χ4v) is 3.36. The Hall–Kier alpha value is -1.89. The van der Waals surface area contributed by atoms with Gasteiger partial charge in [-0.2, -0.15) is 0 Å². The summed E-state index contributed by atoms with van der Waals surface area (Å²) >= 11 is 2.25. The number of carbonyl (C=O) groups is 2. The first kappa shape index (κ1) is 17.0. The van der Waals surface area contributed by atoms with E-state index < -0.39 is 0 Å². The molecule has 24 heavy (non-hydrogen) atoms. The van der Waals surface area contributed by atoms with Crippen molar-refractivity contribution in [3.8, 4) is 0 Å². The lowest BCUT2D eigenvalue weighted by atomic mass is 9.89. The Balaban J connectivity index is 1.56. The van der Waals surface area contributed by atoms with Crippen molar-refractivity contribution >= 4 is 45.8 Å². The molecule has 1 atom stereocenters. The highest BCUT2D eigenvalue weighted by atomic mass is 127. The second-order valence-corrected chi connectivity index (χ2v) is 7.26. The number of hydrogen-bond acceptors (Lipinski definition) is 2. The molecule has 4 nitrogen and oxygen atoms in total. The van der Waals surface area contributed by atoms with E-state index in [1.807, 2.05) is 49.4 Å². The van der Waals surface area contributed by atoms with Crippen molar-refractivity contribution in [3.63, 3.8) is 0 Å². The molecular weight excluding hydrogens is 415 g/mol. The molecule has 1 aliphatic rings. The lowest BCUT2D eigenvalue weighted by molar-refractivity contribution is -0.121. The van der Waals surface area contributed by atoms with Gasteiger partial charge in [-0.25, -0.2) is 0 Å². The van der Waals surface area contributed by atoms with E-state index in [2.05, 4.69) is 33.2 Å². The van der Waals surface area contributed by atoms with Gasteiger partial charge in [-0.05, 0) is 71.7 Å². The Morgan fingerprint density at radius 1 is 1.29 bits per heavy atom. The molecule has 5 heteroatoms. The first-order valence-electron chi connectivity index (χ1n) is 7.97. The molecule has 0 fully saturated rings. The summed E-state index contributed by atoms with van der Waals surface area (Å²) in [5, 5.41) is 5.83. The highest BCUT2D eigenvalue weighted by Crippen LogP contribution is 2.27. The van der Waals surface area contributed by atoms with Crippen molar-refractivity contribution in [2.24, 2.45) is 5.92 Å². The zero-order chi connectivity index (χ0) is 17.1. The maximum atomic E-state index is 12.2. The molecule has 1 aliphatic heterocycles. The molecule has 2 amide bonds. The third-order valence-electron chi connectivity index (χ3n) is 4.29. The number of rotatable bonds is 4. The van der Waals surface area contributed by atoms with Crippen LogP contribution >= 0.6 is 22.6 Å². The lowest BCUT2D eigenvalue weighted by Crippen LogP contribution is -2.30. The van der Waals surface area contributed by atoms with E-state index in [1.54, 1.807) is 0 Å². The van der Waals surface area contributed by atoms with Crippen LogP contribution in [0, 0.1) is 16.4 Å². The maximum Gasteiger partial charge on any atom is 0.227 e. The molecule has 3 rings (SSSR count). The van der Waals surface area contributed by atoms with Crippen molar-refractivity contribution in [2.75, 3.05) is 10.6 Å². The minimum Gasteiger partial charge on any atom is -0.326 e. The monoisotopic (exact) mass is 434 g/mol. The van der Waals surface area contributed by atoms with Crippen molar-refractivity contribution in [2.45, 2.75) is 26.2 Å². The van der Waals surface area contributed by atoms with Gasteiger partial charge < -0.3 is 10.6 Å². The minimum atomic E-state index is -0.149. The van der Waals surface area contributed by atoms with Crippen molar-refractivity contribution in [3.05, 3.63) is 57.2 Å². The van der Waals surface area contributed by atoms with Gasteiger partial charge in [0.15, 0.2) is 0 Å². The number of nitrogens with one attached hydrogen (secondary N) is 2. The SMILES string of the molecule is Cc1ccc(NC(=O)CCC2Cc3ccccc3NC2=O)cc1I. The van der Waals surface area contributed by atoms with Crippen molar-refractivity contribution < 1.29 is 9.59 Å². The molecule has 0 radical (unpaired) electrons. The molecule has 2 aromatic carbocycles. The van der Waals surface area contributed by atoms with Gasteiger partial charge in [0.2, 0.25) is 11.8 Å². The Kier molecular flexibility index (Phi) is 5.18. The second-order valence-electron chi connectivity index (χ2n) is 6.10. The van der Waals surface area contributed by atoms with E-state index in [-0.39, 0.29) is 17.7 Å². The normalized spacial score (nSPS) is 16.2. The van der Waals surface area contributed by atoms with Gasteiger partial charge in [0, 0.05) is 27.3 Å². The molecule has 2 aromatic rings. The Bertz CT molecular complexity index is 789. The number of anilines is 2. The van der Waals surface area contributed by atoms with Crippen molar-refractivity contribution in [1.82, 2.24) is 0 Å². The number of fused-ring (bicyclic) bond motifs is 1. The molecule has 124 valence electrons. The van der Waals surface area contributed by atoms with E-state index in [9.17, 15) is 9.59 Å². The summed E-state index contributed by atoms with van der Waals surface area (Å²) in [6.07, 6.45) is 1.58. The van der Waals surface area contributed by atoms with Crippen LogP contribution < -0.4 is 10.6 Å². The fourth-order valence-electron chi connectivity index (χ4n) is 2.85. The van der Waals surface area contributed by atoms with E-state index in [1.165, 1.54) is 5.56 Å². The summed E-state index contributed by atoms with van der Waals surface area (Å²) in [5.41, 5.74) is 4.01. The van der Waals surface area contributed by atoms with Gasteiger partial charge in [-0.3, -0.25) is 9.59 Å². The van der Waals surface area contributed by atoms with Crippen LogP contribution in [-0.4, -0.2) is 11.8 Å². The number of amides is 2. The van der Waals surface area contributed by atoms with Crippen LogP contribution in [0.15, 0.2) is 42.5 Å². The van der Waals surface area contributed by atoms with E-state index in [0.29, 0.717) is 19.3 Å². The number of halogens is 1. The highest BCUT2D eigenvalue weighted by molar-refractivity contribution is 14.1. The summed E-state index contributed by atoms with van der Waals surface area (Å²) in [7, 11) is 0. The van der Waals surface area contributed by atoms with Gasteiger partial charge in [0.05, 0.1) is 0 Å². The first-order chi connectivity index (χ1) is 11.5. The smallest absolute Gasteiger partial charge is 0.227 e. The Morgan fingerprint density at radius 2 is 2.08 bits per heavy atom. The van der Waals surface area contributed by atoms with Crippen LogP contribution in [0.25, 0.3) is 0 Å². The van der Waals surface area contributed by atoms with Gasteiger partial charge >= 0.3 is 0 Å². The van der Waals surface area contributed by atoms with E-state index in [0.717, 1.165) is 20.5 Å². The molecule has 0 aliphatic carbocycles. The summed E-state index contributed by atoms with van der Waals surface area (Å²) in [4.78, 5) is 24.3. The largest absolute Gasteiger partial charge is 0.326 e. The molecule has 1 unspecified atom stereocenters. The zero-order valence-electron chi connectivity index (χ0n) is 13.4. The van der Waals surface area contributed by atoms with Crippen LogP contribution in [0.1, 0.15) is 24.0 Å². The number of para-hydroxylation sites is 1. The van der Waals surface area contributed by atoms with Crippen LogP contribution in [0.3, 0.4) is 0 Å². The van der Waals surface area contributed by atoms with Gasteiger partial charge in [0.1, 0.15) is 0 Å². The standard InChI is InChI=1S/C19H19IN2O2/c1-12-6-8-15(11-16(12)20)21-18(23)9-7-14-10-13-4-2-3-5-17(13)22-19(14)24/h2-6,8,11,14H,7,9-10H2,1H3,(H,21,23)(H,22,24). The van der Waals surface area contributed by atoms with Crippen LogP contribution in [0.5, 0.6) is 0 Å². The summed E-state index contributed by atoms with van der Waals surface area (Å²) in [6.45, 7) is 2.03. The molecular formula is C19H19IN2O2. The number of hydrogen-bond donors (Lipinski definition) is 2. The maximum absolute atomic E-state index is 12.2. The molecule has 0 bridgehead atoms. The average Bonchev–Trinajstić information content (AvgIpc) is 2.56. The quantitative estimate of drug-likeness (QED) is 0.712. The average molecular weight is 434 g/mol. The van der Waals surface area contributed by atoms with Crippen LogP contribution in [-0.2, 0) is 16.0 Å². The summed E-state index contributed by atoms with van der Waals surface area (Å²) in [5.74, 6) is -0.198. The zero-order valence-corrected chi connectivity index (χ0v) is 15.6. The number of aryl methyl sites for hydroxylation is 1. The van der Waals surface area contributed by atoms with Crippen LogP contribution in [0.4, 0.5) is 11.4 Å². The van der Waals surface area contributed by atoms with Gasteiger partial charge in [-0.1, -0.05) is 24.3 Å². The van der Waals surface area contributed by atoms with Gasteiger partial charge in [-0.15, -0.1) is 0 Å². The third-order valence-corrected chi connectivity index (χ3v) is 5.45. The predicted octanol–water partition coefficient (Wildman–Crippen LogP) is 4.13. The second kappa shape index (κ2) is 7.34. The minimum absolute atomic E-state index is 0.00591. The third kappa shape index (κ3) is 3.95. The molecule has 0 spiro atoms. The molecule has 2 N–H and O–H groups in total. The van der Waals surface area contributed by atoms with Gasteiger partial charge in [0.25, 0.3) is 0 Å². The van der Waals surface area contributed by atoms with Crippen LogP contribution in [0.2, 0.25) is 0 Å². The predicted molar refractivity (Wildman–Crippen MR) is 104 cm³/mol. The Labute approximate surface area is 155 Å². The topological polar surface area (TPSA) is 58.2 Å². The number of benzene rings is 2. The number of carbonyl (C=O) groups excluding carboxylic acids is 2. The molecule has 0 saturated carbocycles. The lowest BCUT2D eigenvalue weighted by Gasteiger charge is -2.24. The molecule has 0 aromatic heterocycles. The fraction of sp³-hybridized carbons (Fsp3) is 0.263. The molecule has 0 saturated heterocycles. The van der Waals surface area contributed by atoms with E-state index in [4.69, 9.17) is 0 Å². The van der Waals surface area contributed by atoms with E-state index >= 15 is 0 Å². The highest BCUT2D eigenvalue weighted by Gasteiger charge is 2.26. The first-order valence-corrected chi connectivity index (χ1v) is 9.05. The summed E-state index contributed by atoms with van der Waals surface area (Å²) in [6, 6.07) is 13.7. The van der Waals surface area contributed by atoms with Crippen molar-refractivity contribution in [1.29, 1.82) is 0 Å². The molecule has 1 heterocycles. The summed E-state index contributed by atoms with van der Waals surface area (Å²) < 4.78 is 1.12. The Morgan fingerprint density at radius 3 is 2.88 bits per heavy atom.